The van der Waals surface area contributed by atoms with Crippen molar-refractivity contribution in [3.63, 3.8) is 0 Å². The molecule has 1 aliphatic heterocycles. The van der Waals surface area contributed by atoms with Crippen molar-refractivity contribution >= 4 is 5.96 Å². The minimum Gasteiger partial charge on any atom is -0.488 e. The van der Waals surface area contributed by atoms with E-state index in [-0.39, 0.29) is 6.10 Å². The number of hydrogen-bond acceptors (Lipinski definition) is 3. The van der Waals surface area contributed by atoms with Crippen molar-refractivity contribution in [2.24, 2.45) is 4.99 Å². The maximum atomic E-state index is 6.16. The third-order valence-electron chi connectivity index (χ3n) is 4.23. The molecule has 1 aromatic rings. The topological polar surface area (TPSA) is 54.9 Å². The number of aliphatic imine (C=N–C) groups is 1. The number of ether oxygens (including phenoxy) is 2. The Morgan fingerprint density at radius 2 is 2.16 bits per heavy atom. The van der Waals surface area contributed by atoms with Crippen LogP contribution in [0.5, 0.6) is 5.75 Å². The summed E-state index contributed by atoms with van der Waals surface area (Å²) in [7, 11) is 0. The fraction of sp³-hybridized carbons (Fsp3) is 0.650. The first-order chi connectivity index (χ1) is 12.2. The van der Waals surface area contributed by atoms with Gasteiger partial charge in [0.2, 0.25) is 0 Å². The minimum atomic E-state index is 0.157. The molecule has 1 aliphatic rings. The Bertz CT molecular complexity index is 540. The molecule has 0 aliphatic carbocycles. The van der Waals surface area contributed by atoms with E-state index in [0.29, 0.717) is 13.2 Å². The van der Waals surface area contributed by atoms with Crippen LogP contribution in [0.1, 0.15) is 50.7 Å². The number of benzene rings is 1. The number of unbranched alkanes of at least 4 members (excludes halogenated alkanes) is 2. The Balaban J connectivity index is 2.00. The summed E-state index contributed by atoms with van der Waals surface area (Å²) in [6, 6.07) is 6.33. The Hall–Kier alpha value is -1.75. The molecule has 0 radical (unpaired) electrons. The monoisotopic (exact) mass is 347 g/mol. The molecule has 2 rings (SSSR count). The standard InChI is InChI=1S/C20H33N3O2/c1-4-6-7-11-22-20(21-5-2)23-14-17-9-8-16(3)13-19(17)25-18-10-12-24-15-18/h8-9,13,18H,4-7,10-12,14-15H2,1-3H3,(H2,21,22,23). The third kappa shape index (κ3) is 6.94. The summed E-state index contributed by atoms with van der Waals surface area (Å²) in [5, 5.41) is 6.72. The van der Waals surface area contributed by atoms with E-state index in [1.165, 1.54) is 24.8 Å². The van der Waals surface area contributed by atoms with E-state index in [1.807, 2.05) is 0 Å². The average Bonchev–Trinajstić information content (AvgIpc) is 3.11. The van der Waals surface area contributed by atoms with Crippen LogP contribution in [-0.2, 0) is 11.3 Å². The SMILES string of the molecule is CCCCCNC(=NCc1ccc(C)cc1OC1CCOC1)NCC. The molecule has 5 nitrogen and oxygen atoms in total. The molecule has 1 unspecified atom stereocenters. The highest BCUT2D eigenvalue weighted by molar-refractivity contribution is 5.79. The van der Waals surface area contributed by atoms with Crippen LogP contribution in [0.4, 0.5) is 0 Å². The van der Waals surface area contributed by atoms with Gasteiger partial charge in [0.1, 0.15) is 11.9 Å². The second kappa shape index (κ2) is 11.0. The lowest BCUT2D eigenvalue weighted by molar-refractivity contribution is 0.140. The summed E-state index contributed by atoms with van der Waals surface area (Å²) in [4.78, 5) is 4.73. The van der Waals surface area contributed by atoms with E-state index in [9.17, 15) is 0 Å². The predicted molar refractivity (Wildman–Crippen MR) is 103 cm³/mol. The van der Waals surface area contributed by atoms with Crippen LogP contribution in [0.2, 0.25) is 0 Å². The largest absolute Gasteiger partial charge is 0.488 e. The lowest BCUT2D eigenvalue weighted by Crippen LogP contribution is -2.37. The normalized spacial score (nSPS) is 17.6. The van der Waals surface area contributed by atoms with Crippen LogP contribution in [0.3, 0.4) is 0 Å². The van der Waals surface area contributed by atoms with Crippen LogP contribution in [0.15, 0.2) is 23.2 Å². The van der Waals surface area contributed by atoms with Gasteiger partial charge in [-0.05, 0) is 31.9 Å². The summed E-state index contributed by atoms with van der Waals surface area (Å²) in [5.41, 5.74) is 2.31. The first-order valence-corrected chi connectivity index (χ1v) is 9.59. The van der Waals surface area contributed by atoms with Gasteiger partial charge in [-0.3, -0.25) is 0 Å². The summed E-state index contributed by atoms with van der Waals surface area (Å²) in [5.74, 6) is 1.80. The van der Waals surface area contributed by atoms with Crippen molar-refractivity contribution in [1.82, 2.24) is 10.6 Å². The van der Waals surface area contributed by atoms with Crippen LogP contribution in [0, 0.1) is 6.92 Å². The van der Waals surface area contributed by atoms with E-state index in [1.54, 1.807) is 0 Å². The van der Waals surface area contributed by atoms with E-state index < -0.39 is 0 Å². The van der Waals surface area contributed by atoms with Gasteiger partial charge in [0.15, 0.2) is 5.96 Å². The van der Waals surface area contributed by atoms with E-state index in [2.05, 4.69) is 49.6 Å². The van der Waals surface area contributed by atoms with E-state index in [4.69, 9.17) is 14.5 Å². The molecular weight excluding hydrogens is 314 g/mol. The zero-order valence-corrected chi connectivity index (χ0v) is 15.9. The summed E-state index contributed by atoms with van der Waals surface area (Å²) in [6.45, 7) is 10.3. The van der Waals surface area contributed by atoms with Crippen molar-refractivity contribution in [1.29, 1.82) is 0 Å². The lowest BCUT2D eigenvalue weighted by Gasteiger charge is -2.16. The van der Waals surface area contributed by atoms with Gasteiger partial charge in [-0.1, -0.05) is 31.9 Å². The number of nitrogens with zero attached hydrogens (tertiary/aromatic N) is 1. The highest BCUT2D eigenvalue weighted by Gasteiger charge is 2.18. The molecule has 1 atom stereocenters. The Kier molecular flexibility index (Phi) is 8.60. The number of guanidine groups is 1. The van der Waals surface area contributed by atoms with E-state index >= 15 is 0 Å². The van der Waals surface area contributed by atoms with Crippen molar-refractivity contribution in [3.05, 3.63) is 29.3 Å². The van der Waals surface area contributed by atoms with Gasteiger partial charge in [-0.15, -0.1) is 0 Å². The third-order valence-corrected chi connectivity index (χ3v) is 4.23. The number of nitrogens with one attached hydrogen (secondary N) is 2. The van der Waals surface area contributed by atoms with Gasteiger partial charge < -0.3 is 20.1 Å². The number of rotatable bonds is 9. The van der Waals surface area contributed by atoms with E-state index in [0.717, 1.165) is 43.4 Å². The average molecular weight is 348 g/mol. The van der Waals surface area contributed by atoms with Crippen molar-refractivity contribution in [2.75, 3.05) is 26.3 Å². The van der Waals surface area contributed by atoms with Gasteiger partial charge in [-0.25, -0.2) is 4.99 Å². The second-order valence-corrected chi connectivity index (χ2v) is 6.54. The fourth-order valence-electron chi connectivity index (χ4n) is 2.78. The highest BCUT2D eigenvalue weighted by atomic mass is 16.5. The highest BCUT2D eigenvalue weighted by Crippen LogP contribution is 2.24. The first kappa shape index (κ1) is 19.6. The zero-order chi connectivity index (χ0) is 17.9. The Morgan fingerprint density at radius 3 is 2.88 bits per heavy atom. The molecule has 0 spiro atoms. The van der Waals surface area contributed by atoms with Gasteiger partial charge in [0.05, 0.1) is 19.8 Å². The van der Waals surface area contributed by atoms with Crippen molar-refractivity contribution in [2.45, 2.75) is 59.1 Å². The Morgan fingerprint density at radius 1 is 1.28 bits per heavy atom. The second-order valence-electron chi connectivity index (χ2n) is 6.54. The molecule has 0 aromatic heterocycles. The minimum absolute atomic E-state index is 0.157. The molecule has 25 heavy (non-hydrogen) atoms. The van der Waals surface area contributed by atoms with Crippen LogP contribution in [-0.4, -0.2) is 38.4 Å². The molecule has 0 saturated carbocycles. The molecular formula is C20H33N3O2. The molecule has 0 amide bonds. The maximum Gasteiger partial charge on any atom is 0.191 e. The van der Waals surface area contributed by atoms with Crippen LogP contribution in [0.25, 0.3) is 0 Å². The van der Waals surface area contributed by atoms with Crippen LogP contribution >= 0.6 is 0 Å². The molecule has 1 heterocycles. The summed E-state index contributed by atoms with van der Waals surface area (Å²) >= 11 is 0. The number of hydrogen-bond donors (Lipinski definition) is 2. The molecule has 1 saturated heterocycles. The van der Waals surface area contributed by atoms with Crippen LogP contribution < -0.4 is 15.4 Å². The number of aryl methyl sites for hydroxylation is 1. The molecule has 2 N–H and O–H groups in total. The Labute approximate surface area is 152 Å². The van der Waals surface area contributed by atoms with Gasteiger partial charge >= 0.3 is 0 Å². The smallest absolute Gasteiger partial charge is 0.191 e. The molecule has 0 bridgehead atoms. The van der Waals surface area contributed by atoms with Crippen molar-refractivity contribution < 1.29 is 9.47 Å². The lowest BCUT2D eigenvalue weighted by atomic mass is 10.1. The van der Waals surface area contributed by atoms with Crippen molar-refractivity contribution in [3.8, 4) is 5.75 Å². The van der Waals surface area contributed by atoms with Gasteiger partial charge in [0, 0.05) is 25.1 Å². The zero-order valence-electron chi connectivity index (χ0n) is 15.9. The summed E-state index contributed by atoms with van der Waals surface area (Å²) in [6.07, 6.45) is 4.75. The first-order valence-electron chi connectivity index (χ1n) is 9.59. The van der Waals surface area contributed by atoms with Gasteiger partial charge in [-0.2, -0.15) is 0 Å². The summed E-state index contributed by atoms with van der Waals surface area (Å²) < 4.78 is 11.6. The molecule has 5 heteroatoms. The predicted octanol–water partition coefficient (Wildman–Crippen LogP) is 3.41. The molecule has 1 fully saturated rings. The molecule has 140 valence electrons. The fourth-order valence-corrected chi connectivity index (χ4v) is 2.78. The quantitative estimate of drug-likeness (QED) is 0.408. The van der Waals surface area contributed by atoms with Gasteiger partial charge in [0.25, 0.3) is 0 Å². The molecule has 1 aromatic carbocycles. The maximum absolute atomic E-state index is 6.16.